The third-order valence-electron chi connectivity index (χ3n) is 6.41. The molecule has 2 bridgehead atoms. The summed E-state index contributed by atoms with van der Waals surface area (Å²) in [6.45, 7) is 1.83. The van der Waals surface area contributed by atoms with Gasteiger partial charge in [-0.05, 0) is 80.7 Å². The number of carbonyl (C=O) groups is 1. The van der Waals surface area contributed by atoms with E-state index in [1.54, 1.807) is 18.3 Å². The van der Waals surface area contributed by atoms with E-state index >= 15 is 0 Å². The van der Waals surface area contributed by atoms with Crippen molar-refractivity contribution in [1.82, 2.24) is 15.1 Å². The van der Waals surface area contributed by atoms with Crippen LogP contribution >= 0.6 is 0 Å². The van der Waals surface area contributed by atoms with Crippen molar-refractivity contribution in [3.05, 3.63) is 41.8 Å². The van der Waals surface area contributed by atoms with Gasteiger partial charge in [0.25, 0.3) is 0 Å². The topological polar surface area (TPSA) is 58.1 Å². The summed E-state index contributed by atoms with van der Waals surface area (Å²) in [5.41, 5.74) is 2.41. The van der Waals surface area contributed by atoms with E-state index in [0.29, 0.717) is 17.8 Å². The number of fused-ring (bicyclic) bond motifs is 2. The Balaban J connectivity index is 1.34. The third-order valence-corrected chi connectivity index (χ3v) is 6.41. The predicted octanol–water partition coefficient (Wildman–Crippen LogP) is 4.39. The Morgan fingerprint density at radius 3 is 2.63 bits per heavy atom. The molecule has 140 valence electrons. The number of urea groups is 1. The van der Waals surface area contributed by atoms with E-state index in [-0.39, 0.29) is 11.7 Å². The molecule has 2 aliphatic heterocycles. The van der Waals surface area contributed by atoms with Crippen molar-refractivity contribution in [1.29, 1.82) is 0 Å². The number of rotatable bonds is 3. The SMILES string of the molecule is Cc1cc(F)c(NC(=O)N2C3CC(C4CC4)C[C@@H]2C3)cc1-c1cccnn1. The van der Waals surface area contributed by atoms with Gasteiger partial charge in [0.1, 0.15) is 5.82 Å². The Morgan fingerprint density at radius 2 is 1.96 bits per heavy atom. The Kier molecular flexibility index (Phi) is 3.88. The molecular weight excluding hydrogens is 343 g/mol. The summed E-state index contributed by atoms with van der Waals surface area (Å²) in [6, 6.07) is 7.19. The van der Waals surface area contributed by atoms with Crippen LogP contribution in [0.2, 0.25) is 0 Å². The fourth-order valence-corrected chi connectivity index (χ4v) is 4.87. The summed E-state index contributed by atoms with van der Waals surface area (Å²) in [5.74, 6) is 1.26. The van der Waals surface area contributed by atoms with Crippen molar-refractivity contribution in [3.8, 4) is 11.3 Å². The molecule has 2 aromatic rings. The van der Waals surface area contributed by atoms with E-state index in [1.165, 1.54) is 18.9 Å². The van der Waals surface area contributed by atoms with Gasteiger partial charge in [-0.3, -0.25) is 0 Å². The van der Waals surface area contributed by atoms with Gasteiger partial charge in [-0.15, -0.1) is 0 Å². The number of aromatic nitrogens is 2. The molecule has 6 heteroatoms. The van der Waals surface area contributed by atoms with E-state index in [0.717, 1.165) is 42.2 Å². The van der Waals surface area contributed by atoms with Gasteiger partial charge in [-0.2, -0.15) is 10.2 Å². The molecule has 3 heterocycles. The van der Waals surface area contributed by atoms with Gasteiger partial charge in [-0.1, -0.05) is 0 Å². The van der Waals surface area contributed by atoms with E-state index in [1.807, 2.05) is 17.9 Å². The average Bonchev–Trinajstić information content (AvgIpc) is 3.50. The van der Waals surface area contributed by atoms with E-state index < -0.39 is 5.82 Å². The quantitative estimate of drug-likeness (QED) is 0.877. The molecule has 2 amide bonds. The summed E-state index contributed by atoms with van der Waals surface area (Å²) < 4.78 is 14.5. The smallest absolute Gasteiger partial charge is 0.318 e. The predicted molar refractivity (Wildman–Crippen MR) is 101 cm³/mol. The zero-order chi connectivity index (χ0) is 18.5. The Morgan fingerprint density at radius 1 is 1.19 bits per heavy atom. The van der Waals surface area contributed by atoms with Crippen LogP contribution in [0.4, 0.5) is 14.9 Å². The number of benzene rings is 1. The number of piperidine rings is 1. The molecule has 2 saturated heterocycles. The molecule has 1 N–H and O–H groups in total. The molecule has 4 fully saturated rings. The largest absolute Gasteiger partial charge is 0.322 e. The van der Waals surface area contributed by atoms with Gasteiger partial charge in [-0.25, -0.2) is 9.18 Å². The normalized spacial score (nSPS) is 26.4. The first-order chi connectivity index (χ1) is 13.1. The lowest BCUT2D eigenvalue weighted by Gasteiger charge is -2.55. The van der Waals surface area contributed by atoms with Crippen LogP contribution in [0.3, 0.4) is 0 Å². The Bertz CT molecular complexity index is 871. The molecule has 27 heavy (non-hydrogen) atoms. The molecule has 5 nitrogen and oxygen atoms in total. The highest BCUT2D eigenvalue weighted by atomic mass is 19.1. The molecule has 2 unspecified atom stereocenters. The standard InChI is InChI=1S/C21H23FN4O/c1-12-7-18(22)20(11-17(12)19-3-2-6-23-25-19)24-21(27)26-15-8-14(13-4-5-13)9-16(26)10-15/h2-3,6-7,11,13-16H,4-5,8-10H2,1H3,(H,24,27)/t14?,15-,16?/m1/s1. The van der Waals surface area contributed by atoms with Gasteiger partial charge in [0.2, 0.25) is 0 Å². The van der Waals surface area contributed by atoms with Crippen molar-refractivity contribution in [2.45, 2.75) is 51.1 Å². The lowest BCUT2D eigenvalue weighted by molar-refractivity contribution is -0.0157. The Labute approximate surface area is 158 Å². The monoisotopic (exact) mass is 366 g/mol. The van der Waals surface area contributed by atoms with Crippen LogP contribution in [-0.4, -0.2) is 33.2 Å². The van der Waals surface area contributed by atoms with Crippen molar-refractivity contribution < 1.29 is 9.18 Å². The first-order valence-corrected chi connectivity index (χ1v) is 9.77. The summed E-state index contributed by atoms with van der Waals surface area (Å²) >= 11 is 0. The summed E-state index contributed by atoms with van der Waals surface area (Å²) in [5, 5.41) is 10.8. The maximum absolute atomic E-state index is 14.5. The molecule has 0 radical (unpaired) electrons. The minimum atomic E-state index is -0.421. The number of nitrogens with zero attached hydrogens (tertiary/aromatic N) is 3. The molecule has 6 rings (SSSR count). The number of amides is 2. The number of aryl methyl sites for hydroxylation is 1. The van der Waals surface area contributed by atoms with Crippen LogP contribution in [0.1, 0.15) is 37.7 Å². The van der Waals surface area contributed by atoms with E-state index in [2.05, 4.69) is 15.5 Å². The van der Waals surface area contributed by atoms with Gasteiger partial charge >= 0.3 is 6.03 Å². The molecule has 4 aliphatic rings. The second-order valence-electron chi connectivity index (χ2n) is 8.21. The lowest BCUT2D eigenvalue weighted by Crippen LogP contribution is -2.64. The minimum Gasteiger partial charge on any atom is -0.318 e. The highest BCUT2D eigenvalue weighted by Gasteiger charge is 2.50. The highest BCUT2D eigenvalue weighted by molar-refractivity contribution is 5.91. The number of hydrogen-bond acceptors (Lipinski definition) is 3. The summed E-state index contributed by atoms with van der Waals surface area (Å²) in [4.78, 5) is 14.7. The van der Waals surface area contributed by atoms with Crippen molar-refractivity contribution in [2.75, 3.05) is 5.32 Å². The fraction of sp³-hybridized carbons (Fsp3) is 0.476. The molecule has 2 saturated carbocycles. The molecule has 1 aromatic carbocycles. The number of hydrogen-bond donors (Lipinski definition) is 1. The van der Waals surface area contributed by atoms with Crippen LogP contribution in [0.25, 0.3) is 11.3 Å². The first kappa shape index (κ1) is 16.7. The van der Waals surface area contributed by atoms with Crippen LogP contribution in [0.5, 0.6) is 0 Å². The van der Waals surface area contributed by atoms with Crippen LogP contribution in [0.15, 0.2) is 30.5 Å². The lowest BCUT2D eigenvalue weighted by atomic mass is 9.72. The Hall–Kier alpha value is -2.50. The third kappa shape index (κ3) is 2.97. The maximum Gasteiger partial charge on any atom is 0.322 e. The van der Waals surface area contributed by atoms with Crippen LogP contribution in [-0.2, 0) is 0 Å². The second-order valence-corrected chi connectivity index (χ2v) is 8.21. The zero-order valence-electron chi connectivity index (χ0n) is 15.4. The van der Waals surface area contributed by atoms with Crippen molar-refractivity contribution in [3.63, 3.8) is 0 Å². The van der Waals surface area contributed by atoms with Gasteiger partial charge < -0.3 is 10.2 Å². The maximum atomic E-state index is 14.5. The number of carbonyl (C=O) groups excluding carboxylic acids is 1. The van der Waals surface area contributed by atoms with Crippen molar-refractivity contribution >= 4 is 11.7 Å². The highest BCUT2D eigenvalue weighted by Crippen LogP contribution is 2.50. The second kappa shape index (κ2) is 6.29. The van der Waals surface area contributed by atoms with Gasteiger partial charge in [0, 0.05) is 23.8 Å². The number of anilines is 1. The zero-order valence-corrected chi connectivity index (χ0v) is 15.4. The van der Waals surface area contributed by atoms with Gasteiger partial charge in [0.05, 0.1) is 11.4 Å². The van der Waals surface area contributed by atoms with E-state index in [4.69, 9.17) is 0 Å². The van der Waals surface area contributed by atoms with E-state index in [9.17, 15) is 9.18 Å². The first-order valence-electron chi connectivity index (χ1n) is 9.77. The molecule has 2 aliphatic carbocycles. The number of nitrogens with one attached hydrogen (secondary N) is 1. The van der Waals surface area contributed by atoms with Crippen molar-refractivity contribution in [2.24, 2.45) is 11.8 Å². The minimum absolute atomic E-state index is 0.182. The average molecular weight is 366 g/mol. The van der Waals surface area contributed by atoms with Crippen LogP contribution in [0, 0.1) is 24.6 Å². The molecule has 1 aromatic heterocycles. The fourth-order valence-electron chi connectivity index (χ4n) is 4.87. The summed E-state index contributed by atoms with van der Waals surface area (Å²) in [6.07, 6.45) is 7.62. The summed E-state index contributed by atoms with van der Waals surface area (Å²) in [7, 11) is 0. The van der Waals surface area contributed by atoms with Crippen LogP contribution < -0.4 is 5.32 Å². The van der Waals surface area contributed by atoms with Gasteiger partial charge in [0.15, 0.2) is 0 Å². The number of halogens is 1. The molecule has 0 spiro atoms. The molecular formula is C21H23FN4O. The molecule has 3 atom stereocenters.